The number of carbonyl (C=O) groups excluding carboxylic acids is 2. The second-order valence-electron chi connectivity index (χ2n) is 3.41. The van der Waals surface area contributed by atoms with Crippen molar-refractivity contribution in [1.29, 1.82) is 0 Å². The van der Waals surface area contributed by atoms with Crippen LogP contribution in [-0.4, -0.2) is 55.8 Å². The average molecular weight is 212 g/mol. The summed E-state index contributed by atoms with van der Waals surface area (Å²) in [6.07, 6.45) is 0. The number of likely N-dealkylation sites (N-methyl/N-ethyl adjacent to an activating group) is 1. The number of piperazine rings is 1. The van der Waals surface area contributed by atoms with Gasteiger partial charge in [-0.05, 0) is 6.92 Å². The maximum atomic E-state index is 11.8. The summed E-state index contributed by atoms with van der Waals surface area (Å²) < 4.78 is 0. The van der Waals surface area contributed by atoms with Crippen LogP contribution in [0.15, 0.2) is 4.99 Å². The van der Waals surface area contributed by atoms with Crippen molar-refractivity contribution in [3.05, 3.63) is 0 Å². The topological polar surface area (TPSA) is 73.8 Å². The smallest absolute Gasteiger partial charge is 0.289 e. The minimum Gasteiger partial charge on any atom is -0.364 e. The molecule has 1 rings (SSSR count). The van der Waals surface area contributed by atoms with Gasteiger partial charge in [-0.3, -0.25) is 14.6 Å². The largest absolute Gasteiger partial charge is 0.364 e. The second-order valence-corrected chi connectivity index (χ2v) is 3.41. The predicted molar refractivity (Wildman–Crippen MR) is 56.6 cm³/mol. The molecule has 15 heavy (non-hydrogen) atoms. The molecule has 1 saturated heterocycles. The number of aliphatic imine (C=N–C) groups is 1. The molecular formula is C9H16N4O2. The molecule has 2 N–H and O–H groups in total. The lowest BCUT2D eigenvalue weighted by Crippen LogP contribution is -2.58. The third-order valence-corrected chi connectivity index (χ3v) is 2.38. The summed E-state index contributed by atoms with van der Waals surface area (Å²) in [5.41, 5.74) is 0. The zero-order chi connectivity index (χ0) is 11.4. The Balaban J connectivity index is 2.75. The van der Waals surface area contributed by atoms with Crippen molar-refractivity contribution in [3.63, 3.8) is 0 Å². The van der Waals surface area contributed by atoms with Crippen molar-refractivity contribution < 1.29 is 9.59 Å². The van der Waals surface area contributed by atoms with Crippen LogP contribution in [-0.2, 0) is 9.59 Å². The van der Waals surface area contributed by atoms with Crippen LogP contribution in [0.5, 0.6) is 0 Å². The number of carbonyl (C=O) groups is 2. The molecule has 0 aromatic carbocycles. The highest BCUT2D eigenvalue weighted by molar-refractivity contribution is 6.38. The first kappa shape index (κ1) is 11.5. The Morgan fingerprint density at radius 3 is 2.93 bits per heavy atom. The first-order valence-electron chi connectivity index (χ1n) is 4.82. The van der Waals surface area contributed by atoms with Crippen molar-refractivity contribution in [2.75, 3.05) is 27.2 Å². The van der Waals surface area contributed by atoms with Gasteiger partial charge in [-0.1, -0.05) is 0 Å². The Bertz CT molecular complexity index is 300. The van der Waals surface area contributed by atoms with Gasteiger partial charge in [-0.25, -0.2) is 0 Å². The molecule has 1 aliphatic heterocycles. The summed E-state index contributed by atoms with van der Waals surface area (Å²) in [5, 5.41) is 5.41. The van der Waals surface area contributed by atoms with Crippen molar-refractivity contribution >= 4 is 17.6 Å². The maximum absolute atomic E-state index is 11.8. The first-order valence-corrected chi connectivity index (χ1v) is 4.82. The van der Waals surface area contributed by atoms with E-state index in [-0.39, 0.29) is 24.4 Å². The van der Waals surface area contributed by atoms with Gasteiger partial charge >= 0.3 is 0 Å². The van der Waals surface area contributed by atoms with Crippen LogP contribution >= 0.6 is 0 Å². The van der Waals surface area contributed by atoms with Crippen molar-refractivity contribution in [2.24, 2.45) is 4.99 Å². The molecule has 0 spiro atoms. The van der Waals surface area contributed by atoms with E-state index in [1.165, 1.54) is 4.90 Å². The summed E-state index contributed by atoms with van der Waals surface area (Å²) in [7, 11) is 3.10. The van der Waals surface area contributed by atoms with Crippen LogP contribution in [0.3, 0.4) is 0 Å². The molecule has 1 atom stereocenters. The Labute approximate surface area is 88.7 Å². The third kappa shape index (κ3) is 2.45. The first-order chi connectivity index (χ1) is 7.10. The number of amidine groups is 1. The molecule has 0 saturated carbocycles. The van der Waals surface area contributed by atoms with Gasteiger partial charge in [-0.15, -0.1) is 0 Å². The Kier molecular flexibility index (Phi) is 3.65. The van der Waals surface area contributed by atoms with Gasteiger partial charge in [-0.2, -0.15) is 0 Å². The van der Waals surface area contributed by atoms with E-state index in [1.807, 2.05) is 6.92 Å². The lowest BCUT2D eigenvalue weighted by atomic mass is 10.2. The van der Waals surface area contributed by atoms with Crippen LogP contribution in [0, 0.1) is 0 Å². The molecule has 1 fully saturated rings. The fraction of sp³-hybridized carbons (Fsp3) is 0.667. The second kappa shape index (κ2) is 4.77. The molecule has 6 nitrogen and oxygen atoms in total. The number of nitrogens with zero attached hydrogens (tertiary/aromatic N) is 2. The van der Waals surface area contributed by atoms with Crippen LogP contribution in [0.4, 0.5) is 0 Å². The zero-order valence-electron chi connectivity index (χ0n) is 9.20. The zero-order valence-corrected chi connectivity index (χ0v) is 9.20. The van der Waals surface area contributed by atoms with Crippen molar-refractivity contribution in [2.45, 2.75) is 13.0 Å². The van der Waals surface area contributed by atoms with Crippen LogP contribution in [0.1, 0.15) is 6.92 Å². The summed E-state index contributed by atoms with van der Waals surface area (Å²) in [6.45, 7) is 2.59. The number of nitrogens with one attached hydrogen (secondary N) is 2. The number of amides is 2. The van der Waals surface area contributed by atoms with E-state index in [0.29, 0.717) is 12.4 Å². The van der Waals surface area contributed by atoms with Crippen molar-refractivity contribution in [1.82, 2.24) is 15.5 Å². The van der Waals surface area contributed by atoms with E-state index in [2.05, 4.69) is 15.6 Å². The van der Waals surface area contributed by atoms with Gasteiger partial charge in [0, 0.05) is 26.7 Å². The highest BCUT2D eigenvalue weighted by Gasteiger charge is 2.30. The Morgan fingerprint density at radius 2 is 2.40 bits per heavy atom. The molecule has 1 aliphatic rings. The molecule has 1 unspecified atom stereocenters. The van der Waals surface area contributed by atoms with Gasteiger partial charge in [0.2, 0.25) is 5.91 Å². The van der Waals surface area contributed by atoms with Gasteiger partial charge in [0.05, 0.1) is 0 Å². The summed E-state index contributed by atoms with van der Waals surface area (Å²) in [4.78, 5) is 28.3. The van der Waals surface area contributed by atoms with Gasteiger partial charge in [0.1, 0.15) is 6.54 Å². The van der Waals surface area contributed by atoms with E-state index >= 15 is 0 Å². The van der Waals surface area contributed by atoms with E-state index in [1.54, 1.807) is 14.1 Å². The molecule has 0 aliphatic carbocycles. The van der Waals surface area contributed by atoms with Crippen LogP contribution in [0.25, 0.3) is 0 Å². The molecular weight excluding hydrogens is 196 g/mol. The Hall–Kier alpha value is -1.59. The summed E-state index contributed by atoms with van der Waals surface area (Å²) in [6, 6.07) is 0.000278. The molecule has 2 amide bonds. The molecule has 1 heterocycles. The SMILES string of the molecule is CN=C1NCC(C)N(CC(=O)NC)C1=O. The minimum atomic E-state index is -0.222. The van der Waals surface area contributed by atoms with E-state index in [4.69, 9.17) is 0 Å². The normalized spacial score (nSPS) is 23.9. The fourth-order valence-electron chi connectivity index (χ4n) is 1.40. The summed E-state index contributed by atoms with van der Waals surface area (Å²) >= 11 is 0. The molecule has 0 aromatic rings. The van der Waals surface area contributed by atoms with Gasteiger partial charge in [0.25, 0.3) is 5.91 Å². The number of rotatable bonds is 2. The number of hydrogen-bond donors (Lipinski definition) is 2. The highest BCUT2D eigenvalue weighted by Crippen LogP contribution is 2.04. The maximum Gasteiger partial charge on any atom is 0.289 e. The van der Waals surface area contributed by atoms with E-state index in [9.17, 15) is 9.59 Å². The van der Waals surface area contributed by atoms with Crippen molar-refractivity contribution in [3.8, 4) is 0 Å². The molecule has 0 radical (unpaired) electrons. The van der Waals surface area contributed by atoms with Crippen LogP contribution < -0.4 is 10.6 Å². The standard InChI is InChI=1S/C9H16N4O2/c1-6-4-12-8(11-3)9(15)13(6)5-7(14)10-2/h6H,4-5H2,1-3H3,(H,10,14)(H,11,12). The number of hydrogen-bond acceptors (Lipinski definition) is 3. The monoisotopic (exact) mass is 212 g/mol. The lowest BCUT2D eigenvalue weighted by Gasteiger charge is -2.33. The van der Waals surface area contributed by atoms with Gasteiger partial charge < -0.3 is 15.5 Å². The highest BCUT2D eigenvalue weighted by atomic mass is 16.2. The quantitative estimate of drug-likeness (QED) is 0.590. The molecule has 0 aromatic heterocycles. The average Bonchev–Trinajstić information content (AvgIpc) is 2.24. The van der Waals surface area contributed by atoms with E-state index < -0.39 is 0 Å². The molecule has 84 valence electrons. The third-order valence-electron chi connectivity index (χ3n) is 2.38. The summed E-state index contributed by atoms with van der Waals surface area (Å²) in [5.74, 6) is -0.0793. The fourth-order valence-corrected chi connectivity index (χ4v) is 1.40. The van der Waals surface area contributed by atoms with E-state index in [0.717, 1.165) is 0 Å². The van der Waals surface area contributed by atoms with Crippen LogP contribution in [0.2, 0.25) is 0 Å². The molecule has 0 bridgehead atoms. The lowest BCUT2D eigenvalue weighted by molar-refractivity contribution is -0.133. The molecule has 6 heteroatoms. The minimum absolute atomic E-state index is 0.000278. The van der Waals surface area contributed by atoms with Gasteiger partial charge in [0.15, 0.2) is 5.84 Å². The predicted octanol–water partition coefficient (Wildman–Crippen LogP) is -1.42. The Morgan fingerprint density at radius 1 is 1.73 bits per heavy atom.